The molecule has 2 rings (SSSR count). The van der Waals surface area contributed by atoms with Crippen molar-refractivity contribution in [1.82, 2.24) is 9.88 Å². The molecule has 0 atom stereocenters. The molecule has 1 fully saturated rings. The molecule has 1 aromatic heterocycles. The molecule has 0 radical (unpaired) electrons. The highest BCUT2D eigenvalue weighted by Crippen LogP contribution is 2.15. The second-order valence-corrected chi connectivity index (χ2v) is 5.36. The Kier molecular flexibility index (Phi) is 5.08. The molecule has 0 bridgehead atoms. The van der Waals surface area contributed by atoms with E-state index in [2.05, 4.69) is 16.0 Å². The van der Waals surface area contributed by atoms with Gasteiger partial charge in [0, 0.05) is 12.7 Å². The van der Waals surface area contributed by atoms with Crippen molar-refractivity contribution in [1.29, 1.82) is 0 Å². The smallest absolute Gasteiger partial charge is 0.123 e. The predicted molar refractivity (Wildman–Crippen MR) is 78.5 cm³/mol. The zero-order valence-corrected chi connectivity index (χ0v) is 11.6. The van der Waals surface area contributed by atoms with Crippen LogP contribution in [0.5, 0.6) is 0 Å². The van der Waals surface area contributed by atoms with Crippen molar-refractivity contribution in [3.8, 4) is 0 Å². The van der Waals surface area contributed by atoms with Crippen LogP contribution in [0.15, 0.2) is 18.3 Å². The first kappa shape index (κ1) is 13.4. The van der Waals surface area contributed by atoms with Crippen LogP contribution in [0.4, 0.5) is 0 Å². The van der Waals surface area contributed by atoms with Crippen LogP contribution in [-0.4, -0.2) is 28.0 Å². The van der Waals surface area contributed by atoms with Crippen LogP contribution in [0, 0.1) is 0 Å². The fourth-order valence-electron chi connectivity index (χ4n) is 2.50. The number of rotatable bonds is 3. The van der Waals surface area contributed by atoms with E-state index in [1.54, 1.807) is 6.20 Å². The summed E-state index contributed by atoms with van der Waals surface area (Å²) in [7, 11) is 0. The van der Waals surface area contributed by atoms with Crippen LogP contribution >= 0.6 is 12.2 Å². The maximum Gasteiger partial charge on any atom is 0.123 e. The van der Waals surface area contributed by atoms with Crippen molar-refractivity contribution < 1.29 is 0 Å². The lowest BCUT2D eigenvalue weighted by atomic mass is 10.1. The highest BCUT2D eigenvalue weighted by molar-refractivity contribution is 7.80. The van der Waals surface area contributed by atoms with Crippen molar-refractivity contribution in [3.05, 3.63) is 29.6 Å². The maximum atomic E-state index is 5.73. The number of nitrogens with two attached hydrogens (primary N) is 1. The fraction of sp³-hybridized carbons (Fsp3) is 0.571. The maximum absolute atomic E-state index is 5.73. The summed E-state index contributed by atoms with van der Waals surface area (Å²) in [6.07, 6.45) is 8.44. The molecule has 4 heteroatoms. The molecule has 0 amide bonds. The highest BCUT2D eigenvalue weighted by Gasteiger charge is 2.12. The van der Waals surface area contributed by atoms with Gasteiger partial charge in [0.15, 0.2) is 0 Å². The van der Waals surface area contributed by atoms with Crippen LogP contribution in [0.25, 0.3) is 0 Å². The zero-order chi connectivity index (χ0) is 12.8. The summed E-state index contributed by atoms with van der Waals surface area (Å²) in [4.78, 5) is 7.19. The van der Waals surface area contributed by atoms with Gasteiger partial charge in [-0.05, 0) is 37.6 Å². The topological polar surface area (TPSA) is 42.1 Å². The standard InChI is InChI=1S/C14H21N3S/c15-14(18)13-12(7-6-8-16-13)11-17-9-4-2-1-3-5-10-17/h6-8H,1-5,9-11H2,(H2,15,18). The first-order valence-electron chi connectivity index (χ1n) is 6.73. The number of thiocarbonyl (C=S) groups is 1. The minimum atomic E-state index is 0.401. The first-order valence-corrected chi connectivity index (χ1v) is 7.14. The van der Waals surface area contributed by atoms with E-state index in [-0.39, 0.29) is 0 Å². The average molecular weight is 263 g/mol. The Balaban J connectivity index is 2.05. The van der Waals surface area contributed by atoms with Gasteiger partial charge in [-0.15, -0.1) is 0 Å². The SMILES string of the molecule is NC(=S)c1ncccc1CN1CCCCCCC1. The molecular formula is C14H21N3S. The van der Waals surface area contributed by atoms with E-state index in [1.165, 1.54) is 45.2 Å². The molecule has 0 aromatic carbocycles. The van der Waals surface area contributed by atoms with E-state index in [0.717, 1.165) is 17.8 Å². The average Bonchev–Trinajstić information content (AvgIpc) is 2.33. The molecule has 0 aliphatic carbocycles. The van der Waals surface area contributed by atoms with Crippen molar-refractivity contribution in [2.75, 3.05) is 13.1 Å². The summed E-state index contributed by atoms with van der Waals surface area (Å²) in [6, 6.07) is 4.04. The third-order valence-electron chi connectivity index (χ3n) is 3.47. The second-order valence-electron chi connectivity index (χ2n) is 4.92. The third-order valence-corrected chi connectivity index (χ3v) is 3.66. The fourth-order valence-corrected chi connectivity index (χ4v) is 2.68. The van der Waals surface area contributed by atoms with E-state index >= 15 is 0 Å². The first-order chi connectivity index (χ1) is 8.77. The molecule has 1 saturated heterocycles. The molecule has 1 aliphatic rings. The van der Waals surface area contributed by atoms with Gasteiger partial charge < -0.3 is 5.73 Å². The third kappa shape index (κ3) is 3.75. The summed E-state index contributed by atoms with van der Waals surface area (Å²) in [5, 5.41) is 0. The van der Waals surface area contributed by atoms with Gasteiger partial charge in [0.05, 0.1) is 0 Å². The number of hydrogen-bond acceptors (Lipinski definition) is 3. The Morgan fingerprint density at radius 3 is 2.56 bits per heavy atom. The second kappa shape index (κ2) is 6.81. The van der Waals surface area contributed by atoms with Gasteiger partial charge in [0.1, 0.15) is 10.7 Å². The molecule has 98 valence electrons. The van der Waals surface area contributed by atoms with Gasteiger partial charge in [-0.2, -0.15) is 0 Å². The lowest BCUT2D eigenvalue weighted by molar-refractivity contribution is 0.239. The van der Waals surface area contributed by atoms with E-state index in [1.807, 2.05) is 6.07 Å². The molecular weight excluding hydrogens is 242 g/mol. The lowest BCUT2D eigenvalue weighted by Crippen LogP contribution is -2.28. The molecule has 0 unspecified atom stereocenters. The largest absolute Gasteiger partial charge is 0.388 e. The molecule has 0 saturated carbocycles. The molecule has 18 heavy (non-hydrogen) atoms. The summed E-state index contributed by atoms with van der Waals surface area (Å²) in [5.74, 6) is 0. The summed E-state index contributed by atoms with van der Waals surface area (Å²) < 4.78 is 0. The van der Waals surface area contributed by atoms with E-state index in [0.29, 0.717) is 4.99 Å². The molecule has 2 heterocycles. The number of aromatic nitrogens is 1. The Labute approximate surface area is 114 Å². The van der Waals surface area contributed by atoms with E-state index in [9.17, 15) is 0 Å². The Morgan fingerprint density at radius 2 is 1.89 bits per heavy atom. The van der Waals surface area contributed by atoms with E-state index in [4.69, 9.17) is 18.0 Å². The highest BCUT2D eigenvalue weighted by atomic mass is 32.1. The predicted octanol–water partition coefficient (Wildman–Crippen LogP) is 2.48. The van der Waals surface area contributed by atoms with Crippen LogP contribution < -0.4 is 5.73 Å². The molecule has 0 spiro atoms. The van der Waals surface area contributed by atoms with Gasteiger partial charge in [-0.3, -0.25) is 9.88 Å². The minimum Gasteiger partial charge on any atom is -0.388 e. The normalized spacial score (nSPS) is 18.0. The van der Waals surface area contributed by atoms with Crippen LogP contribution in [-0.2, 0) is 6.54 Å². The number of nitrogens with zero attached hydrogens (tertiary/aromatic N) is 2. The molecule has 2 N–H and O–H groups in total. The van der Waals surface area contributed by atoms with Gasteiger partial charge >= 0.3 is 0 Å². The number of hydrogen-bond donors (Lipinski definition) is 1. The molecule has 1 aromatic rings. The minimum absolute atomic E-state index is 0.401. The van der Waals surface area contributed by atoms with Gasteiger partial charge in [-0.1, -0.05) is 37.5 Å². The summed E-state index contributed by atoms with van der Waals surface area (Å²) >= 11 is 5.06. The van der Waals surface area contributed by atoms with Crippen LogP contribution in [0.3, 0.4) is 0 Å². The van der Waals surface area contributed by atoms with Gasteiger partial charge in [-0.25, -0.2) is 0 Å². The number of likely N-dealkylation sites (tertiary alicyclic amines) is 1. The quantitative estimate of drug-likeness (QED) is 0.851. The van der Waals surface area contributed by atoms with Crippen molar-refractivity contribution >= 4 is 17.2 Å². The van der Waals surface area contributed by atoms with Crippen LogP contribution in [0.2, 0.25) is 0 Å². The van der Waals surface area contributed by atoms with Crippen molar-refractivity contribution in [2.24, 2.45) is 5.73 Å². The van der Waals surface area contributed by atoms with Gasteiger partial charge in [0.2, 0.25) is 0 Å². The zero-order valence-electron chi connectivity index (χ0n) is 10.8. The van der Waals surface area contributed by atoms with Crippen LogP contribution in [0.1, 0.15) is 43.4 Å². The molecule has 1 aliphatic heterocycles. The van der Waals surface area contributed by atoms with Crippen molar-refractivity contribution in [2.45, 2.75) is 38.6 Å². The monoisotopic (exact) mass is 263 g/mol. The molecule has 3 nitrogen and oxygen atoms in total. The lowest BCUT2D eigenvalue weighted by Gasteiger charge is -2.25. The van der Waals surface area contributed by atoms with Gasteiger partial charge in [0.25, 0.3) is 0 Å². The Bertz CT molecular complexity index is 398. The Hall–Kier alpha value is -1.00. The Morgan fingerprint density at radius 1 is 1.22 bits per heavy atom. The summed E-state index contributed by atoms with van der Waals surface area (Å²) in [6.45, 7) is 3.26. The van der Waals surface area contributed by atoms with Crippen molar-refractivity contribution in [3.63, 3.8) is 0 Å². The number of pyridine rings is 1. The summed E-state index contributed by atoms with van der Waals surface area (Å²) in [5.41, 5.74) is 7.67. The van der Waals surface area contributed by atoms with E-state index < -0.39 is 0 Å².